The van der Waals surface area contributed by atoms with E-state index in [1.54, 1.807) is 18.1 Å². The van der Waals surface area contributed by atoms with Gasteiger partial charge in [0.1, 0.15) is 11.8 Å². The summed E-state index contributed by atoms with van der Waals surface area (Å²) in [6.07, 6.45) is 2.41. The highest BCUT2D eigenvalue weighted by Gasteiger charge is 2.29. The molecule has 2 rings (SSSR count). The van der Waals surface area contributed by atoms with E-state index in [2.05, 4.69) is 11.9 Å². The Morgan fingerprint density at radius 3 is 2.36 bits per heavy atom. The van der Waals surface area contributed by atoms with Gasteiger partial charge in [0.15, 0.2) is 0 Å². The monoisotopic (exact) mass is 380 g/mol. The van der Waals surface area contributed by atoms with Gasteiger partial charge in [-0.25, -0.2) is 0 Å². The van der Waals surface area contributed by atoms with E-state index in [4.69, 9.17) is 4.74 Å². The summed E-state index contributed by atoms with van der Waals surface area (Å²) in [6.45, 7) is 6.18. The van der Waals surface area contributed by atoms with E-state index in [0.29, 0.717) is 25.9 Å². The molecular formula is C23H28N2O3. The number of carbonyl (C=O) groups is 2. The molecule has 0 saturated heterocycles. The molecule has 28 heavy (non-hydrogen) atoms. The van der Waals surface area contributed by atoms with Crippen LogP contribution < -0.4 is 10.1 Å². The van der Waals surface area contributed by atoms with Gasteiger partial charge in [-0.05, 0) is 23.3 Å². The van der Waals surface area contributed by atoms with Crippen molar-refractivity contribution in [3.05, 3.63) is 78.4 Å². The number of methoxy groups -OCH3 is 1. The van der Waals surface area contributed by atoms with Crippen LogP contribution in [-0.4, -0.2) is 36.4 Å². The standard InChI is InChI=1S/C23H28N2O3/c1-4-15-24-23(27)21(16-18-9-7-6-8-10-18)25(22(26)5-2)17-19-11-13-20(28-3)14-12-19/h4,6-14,21H,1,5,15-17H2,2-3H3,(H,24,27)/t21-/m0/s1. The van der Waals surface area contributed by atoms with Crippen LogP contribution in [0, 0.1) is 0 Å². The molecule has 2 aromatic rings. The van der Waals surface area contributed by atoms with Crippen LogP contribution in [0.2, 0.25) is 0 Å². The highest BCUT2D eigenvalue weighted by Crippen LogP contribution is 2.18. The van der Waals surface area contributed by atoms with Crippen molar-refractivity contribution < 1.29 is 14.3 Å². The zero-order chi connectivity index (χ0) is 20.4. The van der Waals surface area contributed by atoms with E-state index >= 15 is 0 Å². The second-order valence-electron chi connectivity index (χ2n) is 6.46. The number of carbonyl (C=O) groups excluding carboxylic acids is 2. The van der Waals surface area contributed by atoms with E-state index in [-0.39, 0.29) is 11.8 Å². The molecule has 148 valence electrons. The van der Waals surface area contributed by atoms with E-state index in [9.17, 15) is 9.59 Å². The third-order valence-corrected chi connectivity index (χ3v) is 4.51. The molecule has 1 N–H and O–H groups in total. The van der Waals surface area contributed by atoms with Crippen molar-refractivity contribution in [2.24, 2.45) is 0 Å². The minimum absolute atomic E-state index is 0.0643. The summed E-state index contributed by atoms with van der Waals surface area (Å²) >= 11 is 0. The fraction of sp³-hybridized carbons (Fsp3) is 0.304. The van der Waals surface area contributed by atoms with E-state index in [0.717, 1.165) is 16.9 Å². The van der Waals surface area contributed by atoms with E-state index in [1.807, 2.05) is 61.5 Å². The van der Waals surface area contributed by atoms with Crippen LogP contribution in [0.3, 0.4) is 0 Å². The lowest BCUT2D eigenvalue weighted by Crippen LogP contribution is -2.50. The topological polar surface area (TPSA) is 58.6 Å². The maximum absolute atomic E-state index is 12.9. The molecule has 1 atom stereocenters. The number of nitrogens with one attached hydrogen (secondary N) is 1. The third kappa shape index (κ3) is 5.98. The van der Waals surface area contributed by atoms with Crippen molar-refractivity contribution in [1.29, 1.82) is 0 Å². The lowest BCUT2D eigenvalue weighted by molar-refractivity contribution is -0.140. The zero-order valence-corrected chi connectivity index (χ0v) is 16.6. The molecule has 0 aliphatic rings. The van der Waals surface area contributed by atoms with Crippen molar-refractivity contribution >= 4 is 11.8 Å². The maximum Gasteiger partial charge on any atom is 0.243 e. The summed E-state index contributed by atoms with van der Waals surface area (Å²) in [7, 11) is 1.61. The molecule has 0 aromatic heterocycles. The van der Waals surface area contributed by atoms with E-state index < -0.39 is 6.04 Å². The maximum atomic E-state index is 12.9. The highest BCUT2D eigenvalue weighted by atomic mass is 16.5. The summed E-state index contributed by atoms with van der Waals surface area (Å²) in [4.78, 5) is 27.3. The van der Waals surface area contributed by atoms with Crippen LogP contribution in [0.1, 0.15) is 24.5 Å². The highest BCUT2D eigenvalue weighted by molar-refractivity contribution is 5.88. The first-order chi connectivity index (χ1) is 13.6. The van der Waals surface area contributed by atoms with Gasteiger partial charge in [0.05, 0.1) is 7.11 Å². The molecule has 0 unspecified atom stereocenters. The molecule has 0 aliphatic carbocycles. The zero-order valence-electron chi connectivity index (χ0n) is 16.6. The molecule has 0 heterocycles. The molecule has 0 fully saturated rings. The predicted molar refractivity (Wildman–Crippen MR) is 111 cm³/mol. The molecular weight excluding hydrogens is 352 g/mol. The van der Waals surface area contributed by atoms with Crippen LogP contribution in [0.25, 0.3) is 0 Å². The molecule has 0 aliphatic heterocycles. The number of nitrogens with zero attached hydrogens (tertiary/aromatic N) is 1. The predicted octanol–water partition coefficient (Wildman–Crippen LogP) is 3.35. The van der Waals surface area contributed by atoms with Crippen molar-refractivity contribution in [3.63, 3.8) is 0 Å². The summed E-state index contributed by atoms with van der Waals surface area (Å²) in [6, 6.07) is 16.7. The second-order valence-corrected chi connectivity index (χ2v) is 6.46. The molecule has 2 amide bonds. The van der Waals surface area contributed by atoms with Gasteiger partial charge in [-0.15, -0.1) is 6.58 Å². The molecule has 5 heteroatoms. The Balaban J connectivity index is 2.31. The average molecular weight is 380 g/mol. The van der Waals surface area contributed by atoms with Gasteiger partial charge < -0.3 is 15.0 Å². The number of amides is 2. The first kappa shape index (κ1) is 21.2. The van der Waals surface area contributed by atoms with Gasteiger partial charge in [-0.1, -0.05) is 55.5 Å². The molecule has 0 bridgehead atoms. The van der Waals surface area contributed by atoms with Crippen molar-refractivity contribution in [2.45, 2.75) is 32.4 Å². The van der Waals surface area contributed by atoms with Crippen molar-refractivity contribution in [1.82, 2.24) is 10.2 Å². The molecule has 0 saturated carbocycles. The quantitative estimate of drug-likeness (QED) is 0.643. The summed E-state index contributed by atoms with van der Waals surface area (Å²) in [5.41, 5.74) is 1.95. The fourth-order valence-corrected chi connectivity index (χ4v) is 2.98. The van der Waals surface area contributed by atoms with E-state index in [1.165, 1.54) is 0 Å². The normalized spacial score (nSPS) is 11.4. The fourth-order valence-electron chi connectivity index (χ4n) is 2.98. The van der Waals surface area contributed by atoms with Crippen LogP contribution in [-0.2, 0) is 22.6 Å². The van der Waals surface area contributed by atoms with Gasteiger partial charge >= 0.3 is 0 Å². The minimum Gasteiger partial charge on any atom is -0.497 e. The summed E-state index contributed by atoms with van der Waals surface area (Å²) < 4.78 is 5.20. The van der Waals surface area contributed by atoms with Crippen LogP contribution in [0.15, 0.2) is 67.3 Å². The Kier molecular flexibility index (Phi) is 8.28. The number of rotatable bonds is 10. The van der Waals surface area contributed by atoms with Gasteiger partial charge in [0, 0.05) is 25.9 Å². The smallest absolute Gasteiger partial charge is 0.243 e. The number of hydrogen-bond acceptors (Lipinski definition) is 3. The lowest BCUT2D eigenvalue weighted by Gasteiger charge is -2.31. The lowest BCUT2D eigenvalue weighted by atomic mass is 10.0. The van der Waals surface area contributed by atoms with Gasteiger partial charge in [-0.3, -0.25) is 9.59 Å². The second kappa shape index (κ2) is 10.9. The van der Waals surface area contributed by atoms with Crippen LogP contribution in [0.4, 0.5) is 0 Å². The van der Waals surface area contributed by atoms with Gasteiger partial charge in [-0.2, -0.15) is 0 Å². The Labute approximate surface area is 167 Å². The number of hydrogen-bond donors (Lipinski definition) is 1. The Hall–Kier alpha value is -3.08. The first-order valence-electron chi connectivity index (χ1n) is 9.44. The minimum atomic E-state index is -0.600. The first-order valence-corrected chi connectivity index (χ1v) is 9.44. The van der Waals surface area contributed by atoms with Gasteiger partial charge in [0.25, 0.3) is 0 Å². The Morgan fingerprint density at radius 2 is 1.79 bits per heavy atom. The molecule has 2 aromatic carbocycles. The van der Waals surface area contributed by atoms with Crippen LogP contribution >= 0.6 is 0 Å². The summed E-state index contributed by atoms with van der Waals surface area (Å²) in [5, 5.41) is 2.85. The summed E-state index contributed by atoms with van der Waals surface area (Å²) in [5.74, 6) is 0.506. The van der Waals surface area contributed by atoms with Crippen molar-refractivity contribution in [2.75, 3.05) is 13.7 Å². The molecule has 0 spiro atoms. The largest absolute Gasteiger partial charge is 0.497 e. The Morgan fingerprint density at radius 1 is 1.11 bits per heavy atom. The van der Waals surface area contributed by atoms with Gasteiger partial charge in [0.2, 0.25) is 11.8 Å². The SMILES string of the molecule is C=CCNC(=O)[C@H](Cc1ccccc1)N(Cc1ccc(OC)cc1)C(=O)CC. The van der Waals surface area contributed by atoms with Crippen LogP contribution in [0.5, 0.6) is 5.75 Å². The molecule has 0 radical (unpaired) electrons. The average Bonchev–Trinajstić information content (AvgIpc) is 2.75. The van der Waals surface area contributed by atoms with Crippen molar-refractivity contribution in [3.8, 4) is 5.75 Å². The molecule has 5 nitrogen and oxygen atoms in total. The number of benzene rings is 2. The number of ether oxygens (including phenoxy) is 1. The Bertz CT molecular complexity index is 772. The third-order valence-electron chi connectivity index (χ3n) is 4.51.